The maximum atomic E-state index is 12.9. The third-order valence-electron chi connectivity index (χ3n) is 6.63. The maximum Gasteiger partial charge on any atom is 0.341 e. The predicted molar refractivity (Wildman–Crippen MR) is 124 cm³/mol. The number of aromatic nitrogens is 2. The van der Waals surface area contributed by atoms with Crippen molar-refractivity contribution in [2.45, 2.75) is 43.4 Å². The lowest BCUT2D eigenvalue weighted by Gasteiger charge is -2.51. The molecule has 3 heterocycles. The van der Waals surface area contributed by atoms with Gasteiger partial charge in [0.25, 0.3) is 11.5 Å². The number of halogens is 1. The predicted octanol–water partition coefficient (Wildman–Crippen LogP) is 1.04. The summed E-state index contributed by atoms with van der Waals surface area (Å²) >= 11 is 5.88. The number of H-pyrrole nitrogens is 1. The molecule has 0 radical (unpaired) electrons. The van der Waals surface area contributed by atoms with Gasteiger partial charge in [-0.05, 0) is 44.0 Å². The molecule has 0 unspecified atom stereocenters. The first-order valence-corrected chi connectivity index (χ1v) is 11.5. The summed E-state index contributed by atoms with van der Waals surface area (Å²) in [5.41, 5.74) is -2.89. The fraction of sp³-hybridized carbons (Fsp3) is 0.478. The topological polar surface area (TPSA) is 151 Å². The molecule has 2 saturated heterocycles. The van der Waals surface area contributed by atoms with Crippen LogP contribution in [-0.4, -0.2) is 74.0 Å². The van der Waals surface area contributed by atoms with Crippen LogP contribution in [0.1, 0.15) is 42.6 Å². The van der Waals surface area contributed by atoms with Crippen LogP contribution in [0.3, 0.4) is 0 Å². The lowest BCUT2D eigenvalue weighted by atomic mass is 9.75. The zero-order valence-electron chi connectivity index (χ0n) is 19.0. The van der Waals surface area contributed by atoms with Gasteiger partial charge in [0.1, 0.15) is 10.8 Å². The number of nitrogens with one attached hydrogen (secondary N) is 1. The average Bonchev–Trinajstić information content (AvgIpc) is 2.80. The summed E-state index contributed by atoms with van der Waals surface area (Å²) < 4.78 is 12.5. The minimum Gasteiger partial charge on any atom is -0.482 e. The smallest absolute Gasteiger partial charge is 0.341 e. The van der Waals surface area contributed by atoms with Gasteiger partial charge in [-0.1, -0.05) is 11.6 Å². The second-order valence-corrected chi connectivity index (χ2v) is 9.59. The Morgan fingerprint density at radius 1 is 1.23 bits per heavy atom. The van der Waals surface area contributed by atoms with Crippen LogP contribution >= 0.6 is 11.6 Å². The maximum absolute atomic E-state index is 12.9. The molecule has 35 heavy (non-hydrogen) atoms. The Bertz CT molecular complexity index is 1230. The fourth-order valence-corrected chi connectivity index (χ4v) is 4.94. The molecule has 12 heteroatoms. The van der Waals surface area contributed by atoms with Crippen molar-refractivity contribution in [3.8, 4) is 5.75 Å². The largest absolute Gasteiger partial charge is 0.482 e. The van der Waals surface area contributed by atoms with Crippen LogP contribution in [0.5, 0.6) is 5.75 Å². The summed E-state index contributed by atoms with van der Waals surface area (Å²) in [6.45, 7) is 2.04. The quantitative estimate of drug-likeness (QED) is 0.543. The van der Waals surface area contributed by atoms with E-state index < -0.39 is 41.1 Å². The van der Waals surface area contributed by atoms with Crippen LogP contribution in [0.15, 0.2) is 40.1 Å². The number of ether oxygens (including phenoxy) is 2. The fourth-order valence-electron chi connectivity index (χ4n) is 4.79. The number of likely N-dealkylation sites (tertiary alicyclic amines) is 1. The third-order valence-corrected chi connectivity index (χ3v) is 6.90. The van der Waals surface area contributed by atoms with Gasteiger partial charge in [-0.2, -0.15) is 0 Å². The van der Waals surface area contributed by atoms with Crippen molar-refractivity contribution >= 4 is 23.5 Å². The SMILES string of the molecule is C[C@]1(O)CC2(CCN(C(=O)c3ccc(OCC(=O)O)cc3)CC2)OC[C@@H]1n1cc(Cl)c(=O)[nH]c1=O. The number of amides is 1. The summed E-state index contributed by atoms with van der Waals surface area (Å²) in [5, 5.41) is 19.8. The standard InChI is InChI=1S/C23H26ClN3O8/c1-22(33)13-23(35-11-17(22)27-10-16(24)19(30)25-21(27)32)6-8-26(9-7-23)20(31)14-2-4-15(5-3-14)34-12-18(28)29/h2-5,10,17,33H,6-9,11-13H2,1H3,(H,28,29)(H,25,30,32)/t17-,22-/m0/s1. The van der Waals surface area contributed by atoms with E-state index in [0.29, 0.717) is 37.2 Å². The lowest BCUT2D eigenvalue weighted by Crippen LogP contribution is -2.59. The van der Waals surface area contributed by atoms with Crippen molar-refractivity contribution in [2.24, 2.45) is 0 Å². The number of carbonyl (C=O) groups is 2. The van der Waals surface area contributed by atoms with Crippen molar-refractivity contribution in [1.82, 2.24) is 14.5 Å². The molecule has 11 nitrogen and oxygen atoms in total. The molecule has 1 spiro atoms. The summed E-state index contributed by atoms with van der Waals surface area (Å²) in [6.07, 6.45) is 2.46. The Hall–Kier alpha value is -3.15. The number of hydrogen-bond acceptors (Lipinski definition) is 7. The van der Waals surface area contributed by atoms with E-state index >= 15 is 0 Å². The molecule has 0 aliphatic carbocycles. The number of aliphatic hydroxyl groups is 1. The Kier molecular flexibility index (Phi) is 6.76. The number of nitrogens with zero attached hydrogens (tertiary/aromatic N) is 2. The van der Waals surface area contributed by atoms with E-state index in [-0.39, 0.29) is 24.0 Å². The van der Waals surface area contributed by atoms with Crippen LogP contribution in [0, 0.1) is 0 Å². The molecule has 2 aromatic rings. The van der Waals surface area contributed by atoms with E-state index in [1.807, 2.05) is 0 Å². The number of carboxylic acid groups (broad SMARTS) is 1. The number of aliphatic carboxylic acids is 1. The van der Waals surface area contributed by atoms with Crippen molar-refractivity contribution in [2.75, 3.05) is 26.3 Å². The first-order chi connectivity index (χ1) is 16.5. The molecule has 2 fully saturated rings. The molecule has 188 valence electrons. The van der Waals surface area contributed by atoms with Crippen LogP contribution < -0.4 is 16.0 Å². The van der Waals surface area contributed by atoms with Crippen LogP contribution in [0.4, 0.5) is 0 Å². The minimum atomic E-state index is -1.32. The van der Waals surface area contributed by atoms with Gasteiger partial charge in [0.05, 0.1) is 23.9 Å². The van der Waals surface area contributed by atoms with Gasteiger partial charge in [-0.3, -0.25) is 19.1 Å². The van der Waals surface area contributed by atoms with Gasteiger partial charge in [0.2, 0.25) is 0 Å². The molecule has 4 rings (SSSR count). The Balaban J connectivity index is 1.40. The normalized spacial score (nSPS) is 23.7. The van der Waals surface area contributed by atoms with E-state index in [1.54, 1.807) is 36.1 Å². The molecule has 1 aromatic heterocycles. The van der Waals surface area contributed by atoms with Crippen molar-refractivity contribution in [3.05, 3.63) is 61.9 Å². The summed E-state index contributed by atoms with van der Waals surface area (Å²) in [5.74, 6) is -0.895. The average molecular weight is 508 g/mol. The number of carbonyl (C=O) groups excluding carboxylic acids is 1. The Labute approximate surface area is 204 Å². The number of hydrogen-bond donors (Lipinski definition) is 3. The first-order valence-electron chi connectivity index (χ1n) is 11.1. The van der Waals surface area contributed by atoms with E-state index in [2.05, 4.69) is 4.98 Å². The molecule has 2 atom stereocenters. The molecular weight excluding hydrogens is 482 g/mol. The molecule has 2 aliphatic rings. The highest BCUT2D eigenvalue weighted by Gasteiger charge is 2.50. The molecule has 2 aliphatic heterocycles. The van der Waals surface area contributed by atoms with E-state index in [9.17, 15) is 24.3 Å². The number of aromatic amines is 1. The molecule has 1 amide bonds. The summed E-state index contributed by atoms with van der Waals surface area (Å²) in [6, 6.07) is 5.53. The highest BCUT2D eigenvalue weighted by molar-refractivity contribution is 6.30. The van der Waals surface area contributed by atoms with E-state index in [4.69, 9.17) is 26.2 Å². The zero-order valence-corrected chi connectivity index (χ0v) is 19.8. The molecule has 0 bridgehead atoms. The van der Waals surface area contributed by atoms with Crippen LogP contribution in [0.25, 0.3) is 0 Å². The van der Waals surface area contributed by atoms with Crippen molar-refractivity contribution in [1.29, 1.82) is 0 Å². The van der Waals surface area contributed by atoms with Gasteiger partial charge in [0.15, 0.2) is 6.61 Å². The van der Waals surface area contributed by atoms with E-state index in [1.165, 1.54) is 10.8 Å². The highest BCUT2D eigenvalue weighted by Crippen LogP contribution is 2.43. The minimum absolute atomic E-state index is 0.0427. The number of carboxylic acids is 1. The van der Waals surface area contributed by atoms with Gasteiger partial charge < -0.3 is 24.6 Å². The van der Waals surface area contributed by atoms with Crippen molar-refractivity contribution < 1.29 is 29.3 Å². The summed E-state index contributed by atoms with van der Waals surface area (Å²) in [4.78, 5) is 51.3. The molecule has 3 N–H and O–H groups in total. The van der Waals surface area contributed by atoms with Gasteiger partial charge in [-0.15, -0.1) is 0 Å². The molecular formula is C23H26ClN3O8. The molecule has 1 aromatic carbocycles. The van der Waals surface area contributed by atoms with Crippen LogP contribution in [-0.2, 0) is 9.53 Å². The third kappa shape index (κ3) is 5.26. The van der Waals surface area contributed by atoms with Gasteiger partial charge in [-0.25, -0.2) is 9.59 Å². The first kappa shape index (κ1) is 25.0. The second-order valence-electron chi connectivity index (χ2n) is 9.19. The number of rotatable bonds is 5. The lowest BCUT2D eigenvalue weighted by molar-refractivity contribution is -0.195. The van der Waals surface area contributed by atoms with Crippen molar-refractivity contribution in [3.63, 3.8) is 0 Å². The highest BCUT2D eigenvalue weighted by atomic mass is 35.5. The van der Waals surface area contributed by atoms with Gasteiger partial charge in [0, 0.05) is 31.3 Å². The van der Waals surface area contributed by atoms with E-state index in [0.717, 1.165) is 0 Å². The monoisotopic (exact) mass is 507 g/mol. The number of benzene rings is 1. The number of piperidine rings is 1. The summed E-state index contributed by atoms with van der Waals surface area (Å²) in [7, 11) is 0. The molecule has 0 saturated carbocycles. The Morgan fingerprint density at radius 3 is 2.49 bits per heavy atom. The van der Waals surface area contributed by atoms with Gasteiger partial charge >= 0.3 is 11.7 Å². The second kappa shape index (κ2) is 9.48. The van der Waals surface area contributed by atoms with Crippen LogP contribution in [0.2, 0.25) is 5.02 Å². The zero-order chi connectivity index (χ0) is 25.4. The Morgan fingerprint density at radius 2 is 1.89 bits per heavy atom.